The summed E-state index contributed by atoms with van der Waals surface area (Å²) in [6.07, 6.45) is 1.93. The molecule has 0 unspecified atom stereocenters. The van der Waals surface area contributed by atoms with Crippen LogP contribution in [0, 0.1) is 6.92 Å². The Balaban J connectivity index is 1.73. The molecule has 1 aromatic carbocycles. The smallest absolute Gasteiger partial charge is 0.263 e. The molecule has 3 rings (SSSR count). The molecule has 2 amide bonds. The van der Waals surface area contributed by atoms with Gasteiger partial charge >= 0.3 is 0 Å². The van der Waals surface area contributed by atoms with Crippen LogP contribution in [0.3, 0.4) is 0 Å². The average Bonchev–Trinajstić information content (AvgIpc) is 3.13. The molecule has 1 aromatic heterocycles. The summed E-state index contributed by atoms with van der Waals surface area (Å²) in [6, 6.07) is 9.89. The number of fused-ring (bicyclic) bond motifs is 1. The number of thiophene rings is 1. The first kappa shape index (κ1) is 15.7. The third kappa shape index (κ3) is 3.15. The minimum absolute atomic E-state index is 0.0631. The Labute approximate surface area is 140 Å². The normalized spacial score (nSPS) is 16.0. The van der Waals surface area contributed by atoms with Gasteiger partial charge in [-0.25, -0.2) is 0 Å². The maximum absolute atomic E-state index is 12.5. The second-order valence-electron chi connectivity index (χ2n) is 6.13. The Morgan fingerprint density at radius 3 is 2.65 bits per heavy atom. The summed E-state index contributed by atoms with van der Waals surface area (Å²) in [4.78, 5) is 27.1. The van der Waals surface area contributed by atoms with E-state index in [0.29, 0.717) is 9.75 Å². The number of amides is 2. The van der Waals surface area contributed by atoms with E-state index in [2.05, 4.69) is 30.4 Å². The van der Waals surface area contributed by atoms with Crippen molar-refractivity contribution in [3.8, 4) is 0 Å². The van der Waals surface area contributed by atoms with Crippen molar-refractivity contribution in [2.24, 2.45) is 0 Å². The van der Waals surface area contributed by atoms with Crippen LogP contribution in [0.1, 0.15) is 48.5 Å². The SMILES string of the molecule is Cc1ccc2c(c1)CC[C@H]2NC(=O)c1ccc(C(=O)N(C)C)s1. The first-order chi connectivity index (χ1) is 11.0. The molecule has 0 fully saturated rings. The fourth-order valence-corrected chi connectivity index (χ4v) is 3.85. The van der Waals surface area contributed by atoms with Crippen molar-refractivity contribution in [2.75, 3.05) is 14.1 Å². The zero-order valence-electron chi connectivity index (χ0n) is 13.6. The third-order valence-electron chi connectivity index (χ3n) is 4.13. The minimum atomic E-state index is -0.105. The average molecular weight is 328 g/mol. The van der Waals surface area contributed by atoms with Crippen molar-refractivity contribution in [3.05, 3.63) is 56.8 Å². The zero-order chi connectivity index (χ0) is 16.6. The molecule has 0 bridgehead atoms. The molecule has 0 saturated heterocycles. The summed E-state index contributed by atoms with van der Waals surface area (Å²) in [5, 5.41) is 3.10. The lowest BCUT2D eigenvalue weighted by molar-refractivity contribution is 0.0832. The molecule has 5 heteroatoms. The molecule has 1 aliphatic rings. The van der Waals surface area contributed by atoms with Crippen molar-refractivity contribution in [3.63, 3.8) is 0 Å². The van der Waals surface area contributed by atoms with Crippen LogP contribution in [-0.2, 0) is 6.42 Å². The van der Waals surface area contributed by atoms with Gasteiger partial charge in [-0.05, 0) is 43.0 Å². The molecule has 1 heterocycles. The van der Waals surface area contributed by atoms with Crippen molar-refractivity contribution in [1.29, 1.82) is 0 Å². The highest BCUT2D eigenvalue weighted by Gasteiger charge is 2.25. The molecular weight excluding hydrogens is 308 g/mol. The standard InChI is InChI=1S/C18H20N2O2S/c1-11-4-6-13-12(10-11)5-7-14(13)19-17(21)15-8-9-16(23-15)18(22)20(2)3/h4,6,8-10,14H,5,7H2,1-3H3,(H,19,21)/t14-/m1/s1. The minimum Gasteiger partial charge on any atom is -0.345 e. The number of aryl methyl sites for hydroxylation is 2. The first-order valence-electron chi connectivity index (χ1n) is 7.67. The number of hydrogen-bond acceptors (Lipinski definition) is 3. The second-order valence-corrected chi connectivity index (χ2v) is 7.21. The summed E-state index contributed by atoms with van der Waals surface area (Å²) in [5.41, 5.74) is 3.79. The predicted molar refractivity (Wildman–Crippen MR) is 92.0 cm³/mol. The summed E-state index contributed by atoms with van der Waals surface area (Å²) < 4.78 is 0. The van der Waals surface area contributed by atoms with Crippen molar-refractivity contribution in [2.45, 2.75) is 25.8 Å². The lowest BCUT2D eigenvalue weighted by Gasteiger charge is -2.13. The Kier molecular flexibility index (Phi) is 4.22. The van der Waals surface area contributed by atoms with Crippen molar-refractivity contribution in [1.82, 2.24) is 10.2 Å². The van der Waals surface area contributed by atoms with Crippen LogP contribution in [0.25, 0.3) is 0 Å². The first-order valence-corrected chi connectivity index (χ1v) is 8.49. The number of benzene rings is 1. The summed E-state index contributed by atoms with van der Waals surface area (Å²) >= 11 is 1.24. The van der Waals surface area contributed by atoms with E-state index >= 15 is 0 Å². The van der Waals surface area contributed by atoms with Crippen molar-refractivity contribution < 1.29 is 9.59 Å². The number of carbonyl (C=O) groups excluding carboxylic acids is 2. The van der Waals surface area contributed by atoms with E-state index < -0.39 is 0 Å². The highest BCUT2D eigenvalue weighted by Crippen LogP contribution is 2.32. The third-order valence-corrected chi connectivity index (χ3v) is 5.20. The molecule has 0 aliphatic heterocycles. The van der Waals surface area contributed by atoms with Crippen LogP contribution in [-0.4, -0.2) is 30.8 Å². The molecule has 0 saturated carbocycles. The van der Waals surface area contributed by atoms with Gasteiger partial charge in [-0.1, -0.05) is 23.8 Å². The van der Waals surface area contributed by atoms with E-state index in [1.54, 1.807) is 26.2 Å². The van der Waals surface area contributed by atoms with Crippen LogP contribution >= 0.6 is 11.3 Å². The van der Waals surface area contributed by atoms with Gasteiger partial charge in [-0.15, -0.1) is 11.3 Å². The molecule has 120 valence electrons. The Hall–Kier alpha value is -2.14. The lowest BCUT2D eigenvalue weighted by atomic mass is 10.1. The Morgan fingerprint density at radius 1 is 1.17 bits per heavy atom. The molecule has 1 N–H and O–H groups in total. The summed E-state index contributed by atoms with van der Waals surface area (Å²) in [7, 11) is 3.42. The number of nitrogens with zero attached hydrogens (tertiary/aromatic N) is 1. The molecular formula is C18H20N2O2S. The topological polar surface area (TPSA) is 49.4 Å². The lowest BCUT2D eigenvalue weighted by Crippen LogP contribution is -2.26. The van der Waals surface area contributed by atoms with Gasteiger partial charge in [0.2, 0.25) is 0 Å². The number of nitrogens with one attached hydrogen (secondary N) is 1. The van der Waals surface area contributed by atoms with Gasteiger partial charge in [0.05, 0.1) is 15.8 Å². The maximum Gasteiger partial charge on any atom is 0.263 e. The van der Waals surface area contributed by atoms with Gasteiger partial charge in [-0.3, -0.25) is 9.59 Å². The van der Waals surface area contributed by atoms with E-state index in [-0.39, 0.29) is 17.9 Å². The molecule has 4 nitrogen and oxygen atoms in total. The van der Waals surface area contributed by atoms with Gasteiger partial charge < -0.3 is 10.2 Å². The number of hydrogen-bond donors (Lipinski definition) is 1. The predicted octanol–water partition coefficient (Wildman–Crippen LogP) is 3.18. The monoisotopic (exact) mass is 328 g/mol. The van der Waals surface area contributed by atoms with E-state index in [0.717, 1.165) is 12.8 Å². The fourth-order valence-electron chi connectivity index (χ4n) is 2.92. The second kappa shape index (κ2) is 6.16. The van der Waals surface area contributed by atoms with Gasteiger partial charge in [0.15, 0.2) is 0 Å². The van der Waals surface area contributed by atoms with Crippen LogP contribution in [0.15, 0.2) is 30.3 Å². The van der Waals surface area contributed by atoms with Gasteiger partial charge in [-0.2, -0.15) is 0 Å². The van der Waals surface area contributed by atoms with Crippen LogP contribution in [0.4, 0.5) is 0 Å². The van der Waals surface area contributed by atoms with Gasteiger partial charge in [0, 0.05) is 14.1 Å². The molecule has 1 aliphatic carbocycles. The quantitative estimate of drug-likeness (QED) is 0.941. The van der Waals surface area contributed by atoms with Gasteiger partial charge in [0.25, 0.3) is 11.8 Å². The zero-order valence-corrected chi connectivity index (χ0v) is 14.4. The number of carbonyl (C=O) groups is 2. The summed E-state index contributed by atoms with van der Waals surface area (Å²) in [6.45, 7) is 2.08. The summed E-state index contributed by atoms with van der Waals surface area (Å²) in [5.74, 6) is -0.179. The Morgan fingerprint density at radius 2 is 1.91 bits per heavy atom. The largest absolute Gasteiger partial charge is 0.345 e. The van der Waals surface area contributed by atoms with E-state index in [1.165, 1.54) is 32.9 Å². The Bertz CT molecular complexity index is 764. The van der Waals surface area contributed by atoms with Gasteiger partial charge in [0.1, 0.15) is 0 Å². The maximum atomic E-state index is 12.5. The van der Waals surface area contributed by atoms with E-state index in [1.807, 2.05) is 0 Å². The van der Waals surface area contributed by atoms with E-state index in [9.17, 15) is 9.59 Å². The highest BCUT2D eigenvalue weighted by atomic mass is 32.1. The van der Waals surface area contributed by atoms with E-state index in [4.69, 9.17) is 0 Å². The molecule has 23 heavy (non-hydrogen) atoms. The molecule has 2 aromatic rings. The molecule has 0 spiro atoms. The van der Waals surface area contributed by atoms with Crippen molar-refractivity contribution >= 4 is 23.2 Å². The highest BCUT2D eigenvalue weighted by molar-refractivity contribution is 7.15. The van der Waals surface area contributed by atoms with Crippen LogP contribution in [0.5, 0.6) is 0 Å². The number of rotatable bonds is 3. The van der Waals surface area contributed by atoms with Crippen LogP contribution < -0.4 is 5.32 Å². The molecule has 1 atom stereocenters. The molecule has 0 radical (unpaired) electrons. The van der Waals surface area contributed by atoms with Crippen LogP contribution in [0.2, 0.25) is 0 Å². The fraction of sp³-hybridized carbons (Fsp3) is 0.333.